The second kappa shape index (κ2) is 6.89. The molecule has 1 atom stereocenters. The van der Waals surface area contributed by atoms with Crippen LogP contribution in [0.1, 0.15) is 38.9 Å². The Morgan fingerprint density at radius 3 is 2.78 bits per heavy atom. The molecule has 0 spiro atoms. The Balaban J connectivity index is 2.34. The molecule has 1 rings (SSSR count). The maximum atomic E-state index is 11.3. The van der Waals surface area contributed by atoms with Crippen LogP contribution in [0.2, 0.25) is 0 Å². The minimum atomic E-state index is -2.87. The molecule has 0 saturated heterocycles. The van der Waals surface area contributed by atoms with E-state index in [1.54, 1.807) is 6.92 Å². The lowest BCUT2D eigenvalue weighted by Gasteiger charge is -2.08. The van der Waals surface area contributed by atoms with Gasteiger partial charge in [-0.3, -0.25) is 4.68 Å². The molecule has 0 bridgehead atoms. The normalized spacial score (nSPS) is 13.7. The monoisotopic (exact) mass is 273 g/mol. The number of aromatic nitrogens is 2. The fourth-order valence-corrected chi connectivity index (χ4v) is 2.24. The van der Waals surface area contributed by atoms with Crippen molar-refractivity contribution in [1.82, 2.24) is 15.1 Å². The predicted molar refractivity (Wildman–Crippen MR) is 73.3 cm³/mol. The zero-order valence-electron chi connectivity index (χ0n) is 11.4. The van der Waals surface area contributed by atoms with Gasteiger partial charge in [-0.25, -0.2) is 8.42 Å². The molecule has 0 saturated carbocycles. The lowest BCUT2D eigenvalue weighted by molar-refractivity contribution is 0.471. The summed E-state index contributed by atoms with van der Waals surface area (Å²) in [7, 11) is -2.87. The molecule has 1 aromatic heterocycles. The van der Waals surface area contributed by atoms with Crippen LogP contribution in [0.15, 0.2) is 12.3 Å². The molecule has 5 nitrogen and oxygen atoms in total. The molecule has 18 heavy (non-hydrogen) atoms. The average molecular weight is 273 g/mol. The topological polar surface area (TPSA) is 64.0 Å². The third-order valence-electron chi connectivity index (χ3n) is 3.04. The Bertz CT molecular complexity index is 454. The summed E-state index contributed by atoms with van der Waals surface area (Å²) < 4.78 is 24.5. The minimum Gasteiger partial charge on any atom is -0.310 e. The first-order valence-corrected chi connectivity index (χ1v) is 8.25. The zero-order valence-corrected chi connectivity index (χ0v) is 12.2. The predicted octanol–water partition coefficient (Wildman–Crippen LogP) is 1.38. The van der Waals surface area contributed by atoms with Crippen molar-refractivity contribution in [2.75, 3.05) is 18.1 Å². The number of nitrogens with zero attached hydrogens (tertiary/aromatic N) is 2. The summed E-state index contributed by atoms with van der Waals surface area (Å²) in [5.74, 6) is 0.396. The maximum absolute atomic E-state index is 11.3. The van der Waals surface area contributed by atoms with E-state index in [2.05, 4.69) is 24.3 Å². The Morgan fingerprint density at radius 1 is 1.44 bits per heavy atom. The third-order valence-corrected chi connectivity index (χ3v) is 4.75. The number of rotatable bonds is 8. The molecule has 104 valence electrons. The van der Waals surface area contributed by atoms with E-state index in [0.717, 1.165) is 12.1 Å². The van der Waals surface area contributed by atoms with Gasteiger partial charge in [0.2, 0.25) is 0 Å². The molecule has 1 aromatic rings. The number of hydrogen-bond acceptors (Lipinski definition) is 4. The van der Waals surface area contributed by atoms with Crippen LogP contribution < -0.4 is 5.32 Å². The first-order valence-electron chi connectivity index (χ1n) is 6.43. The first kappa shape index (κ1) is 15.2. The van der Waals surface area contributed by atoms with E-state index in [1.165, 1.54) is 0 Å². The Kier molecular flexibility index (Phi) is 5.81. The van der Waals surface area contributed by atoms with Gasteiger partial charge in [-0.2, -0.15) is 5.10 Å². The average Bonchev–Trinajstić information content (AvgIpc) is 2.82. The van der Waals surface area contributed by atoms with Crippen molar-refractivity contribution in [3.63, 3.8) is 0 Å². The van der Waals surface area contributed by atoms with E-state index in [9.17, 15) is 8.42 Å². The van der Waals surface area contributed by atoms with Crippen LogP contribution in [0.5, 0.6) is 0 Å². The molecule has 0 aromatic carbocycles. The SMILES string of the molecule is CCC(C)n1ccc(CNCCS(=O)(=O)CC)n1. The molecule has 0 radical (unpaired) electrons. The molecule has 6 heteroatoms. The largest absolute Gasteiger partial charge is 0.310 e. The van der Waals surface area contributed by atoms with E-state index in [0.29, 0.717) is 19.1 Å². The summed E-state index contributed by atoms with van der Waals surface area (Å²) in [5.41, 5.74) is 0.948. The summed E-state index contributed by atoms with van der Waals surface area (Å²) >= 11 is 0. The van der Waals surface area contributed by atoms with Crippen LogP contribution in [0, 0.1) is 0 Å². The second-order valence-corrected chi connectivity index (χ2v) is 6.93. The molecule has 0 amide bonds. The highest BCUT2D eigenvalue weighted by Crippen LogP contribution is 2.08. The Labute approximate surface area is 109 Å². The summed E-state index contributed by atoms with van der Waals surface area (Å²) in [6, 6.07) is 2.37. The third kappa shape index (κ3) is 4.78. The van der Waals surface area contributed by atoms with Gasteiger partial charge < -0.3 is 5.32 Å². The van der Waals surface area contributed by atoms with Gasteiger partial charge >= 0.3 is 0 Å². The summed E-state index contributed by atoms with van der Waals surface area (Å²) in [5, 5.41) is 7.55. The number of sulfone groups is 1. The molecule has 1 unspecified atom stereocenters. The van der Waals surface area contributed by atoms with E-state index in [-0.39, 0.29) is 11.5 Å². The summed E-state index contributed by atoms with van der Waals surface area (Å²) in [6.45, 7) is 7.01. The quantitative estimate of drug-likeness (QED) is 0.727. The van der Waals surface area contributed by atoms with Crippen molar-refractivity contribution >= 4 is 9.84 Å². The molecule has 0 aliphatic carbocycles. The van der Waals surface area contributed by atoms with Crippen LogP contribution in [-0.4, -0.2) is 36.2 Å². The molecule has 0 aliphatic heterocycles. The van der Waals surface area contributed by atoms with Crippen LogP contribution in [0.3, 0.4) is 0 Å². The molecule has 0 fully saturated rings. The molecular formula is C12H23N3O2S. The van der Waals surface area contributed by atoms with Gasteiger partial charge in [-0.05, 0) is 19.4 Å². The highest BCUT2D eigenvalue weighted by molar-refractivity contribution is 7.91. The standard InChI is InChI=1S/C12H23N3O2S/c1-4-11(3)15-8-6-12(14-15)10-13-7-9-18(16,17)5-2/h6,8,11,13H,4-5,7,9-10H2,1-3H3. The smallest absolute Gasteiger partial charge is 0.151 e. The van der Waals surface area contributed by atoms with Crippen LogP contribution in [0.25, 0.3) is 0 Å². The van der Waals surface area contributed by atoms with Gasteiger partial charge in [0.05, 0.1) is 11.4 Å². The van der Waals surface area contributed by atoms with Crippen molar-refractivity contribution in [3.05, 3.63) is 18.0 Å². The van der Waals surface area contributed by atoms with Gasteiger partial charge in [0.15, 0.2) is 9.84 Å². The first-order chi connectivity index (χ1) is 8.48. The van der Waals surface area contributed by atoms with Crippen LogP contribution >= 0.6 is 0 Å². The fourth-order valence-electron chi connectivity index (χ4n) is 1.49. The zero-order chi connectivity index (χ0) is 13.6. The lowest BCUT2D eigenvalue weighted by Crippen LogP contribution is -2.23. The van der Waals surface area contributed by atoms with Crippen molar-refractivity contribution in [2.24, 2.45) is 0 Å². The van der Waals surface area contributed by atoms with Gasteiger partial charge in [-0.1, -0.05) is 13.8 Å². The number of hydrogen-bond donors (Lipinski definition) is 1. The van der Waals surface area contributed by atoms with E-state index < -0.39 is 9.84 Å². The molecule has 1 heterocycles. The summed E-state index contributed by atoms with van der Waals surface area (Å²) in [4.78, 5) is 0. The van der Waals surface area contributed by atoms with Crippen molar-refractivity contribution in [1.29, 1.82) is 0 Å². The van der Waals surface area contributed by atoms with Crippen molar-refractivity contribution in [3.8, 4) is 0 Å². The molecule has 0 aliphatic rings. The Morgan fingerprint density at radius 2 is 2.17 bits per heavy atom. The molecule has 1 N–H and O–H groups in total. The van der Waals surface area contributed by atoms with Crippen molar-refractivity contribution in [2.45, 2.75) is 39.8 Å². The summed E-state index contributed by atoms with van der Waals surface area (Å²) in [6.07, 6.45) is 3.01. The van der Waals surface area contributed by atoms with Crippen LogP contribution in [0.4, 0.5) is 0 Å². The van der Waals surface area contributed by atoms with Gasteiger partial charge in [0.1, 0.15) is 0 Å². The fraction of sp³-hybridized carbons (Fsp3) is 0.750. The van der Waals surface area contributed by atoms with Crippen LogP contribution in [-0.2, 0) is 16.4 Å². The minimum absolute atomic E-state index is 0.190. The van der Waals surface area contributed by atoms with E-state index in [4.69, 9.17) is 0 Å². The van der Waals surface area contributed by atoms with E-state index in [1.807, 2.05) is 16.9 Å². The second-order valence-electron chi connectivity index (χ2n) is 4.46. The van der Waals surface area contributed by atoms with Gasteiger partial charge in [0.25, 0.3) is 0 Å². The van der Waals surface area contributed by atoms with E-state index >= 15 is 0 Å². The maximum Gasteiger partial charge on any atom is 0.151 e. The van der Waals surface area contributed by atoms with Gasteiger partial charge in [-0.15, -0.1) is 0 Å². The Hall–Kier alpha value is -0.880. The van der Waals surface area contributed by atoms with Gasteiger partial charge in [0, 0.05) is 31.1 Å². The number of nitrogens with one attached hydrogen (secondary N) is 1. The van der Waals surface area contributed by atoms with Crippen molar-refractivity contribution < 1.29 is 8.42 Å². The highest BCUT2D eigenvalue weighted by atomic mass is 32.2. The highest BCUT2D eigenvalue weighted by Gasteiger charge is 2.07. The lowest BCUT2D eigenvalue weighted by atomic mass is 10.3. The molecular weight excluding hydrogens is 250 g/mol.